The molecule has 2 heterocycles. The molecule has 3 rings (SSSR count). The molecule has 1 aromatic heterocycles. The van der Waals surface area contributed by atoms with Crippen LogP contribution in [0.15, 0.2) is 28.8 Å². The van der Waals surface area contributed by atoms with Crippen molar-refractivity contribution in [3.63, 3.8) is 0 Å². The van der Waals surface area contributed by atoms with E-state index in [1.807, 2.05) is 24.3 Å². The molecule has 1 N–H and O–H groups in total. The summed E-state index contributed by atoms with van der Waals surface area (Å²) < 4.78 is 16.2. The Hall–Kier alpha value is -1.92. The molecule has 2 aromatic rings. The van der Waals surface area contributed by atoms with Gasteiger partial charge >= 0.3 is 0 Å². The molecule has 1 saturated heterocycles. The van der Waals surface area contributed by atoms with Crippen molar-refractivity contribution in [2.45, 2.75) is 12.5 Å². The van der Waals surface area contributed by atoms with Crippen LogP contribution in [-0.4, -0.2) is 43.1 Å². The van der Waals surface area contributed by atoms with Gasteiger partial charge in [0.2, 0.25) is 11.7 Å². The summed E-state index contributed by atoms with van der Waals surface area (Å²) in [4.78, 5) is 4.42. The second-order valence-corrected chi connectivity index (χ2v) is 4.61. The van der Waals surface area contributed by atoms with Crippen molar-refractivity contribution < 1.29 is 14.0 Å². The van der Waals surface area contributed by atoms with Gasteiger partial charge in [0.25, 0.3) is 0 Å². The zero-order valence-corrected chi connectivity index (χ0v) is 11.3. The van der Waals surface area contributed by atoms with Crippen LogP contribution in [0.25, 0.3) is 11.4 Å². The molecular formula is C14H17N3O3. The maximum atomic E-state index is 5.63. The van der Waals surface area contributed by atoms with Crippen molar-refractivity contribution in [1.29, 1.82) is 0 Å². The number of rotatable bonds is 4. The maximum Gasteiger partial charge on any atom is 0.229 e. The van der Waals surface area contributed by atoms with Gasteiger partial charge in [-0.25, -0.2) is 0 Å². The van der Waals surface area contributed by atoms with E-state index in [1.165, 1.54) is 0 Å². The van der Waals surface area contributed by atoms with Crippen LogP contribution in [0, 0.1) is 0 Å². The van der Waals surface area contributed by atoms with E-state index in [-0.39, 0.29) is 6.10 Å². The SMILES string of the molecule is COc1ccccc1-c1noc(CC2CNCCO2)n1. The first kappa shape index (κ1) is 13.1. The first-order valence-electron chi connectivity index (χ1n) is 6.65. The third-order valence-electron chi connectivity index (χ3n) is 3.22. The molecule has 1 unspecified atom stereocenters. The monoisotopic (exact) mass is 275 g/mol. The van der Waals surface area contributed by atoms with Gasteiger partial charge in [-0.2, -0.15) is 4.98 Å². The highest BCUT2D eigenvalue weighted by atomic mass is 16.5. The van der Waals surface area contributed by atoms with Crippen molar-refractivity contribution >= 4 is 0 Å². The number of nitrogens with zero attached hydrogens (tertiary/aromatic N) is 2. The summed E-state index contributed by atoms with van der Waals surface area (Å²) in [5.74, 6) is 1.86. The lowest BCUT2D eigenvalue weighted by Crippen LogP contribution is -2.39. The average molecular weight is 275 g/mol. The van der Waals surface area contributed by atoms with Crippen LogP contribution < -0.4 is 10.1 Å². The Morgan fingerprint density at radius 1 is 1.40 bits per heavy atom. The number of ether oxygens (including phenoxy) is 2. The molecule has 0 bridgehead atoms. The van der Waals surface area contributed by atoms with Crippen molar-refractivity contribution in [1.82, 2.24) is 15.5 Å². The average Bonchev–Trinajstić information content (AvgIpc) is 2.96. The fourth-order valence-electron chi connectivity index (χ4n) is 2.22. The zero-order chi connectivity index (χ0) is 13.8. The summed E-state index contributed by atoms with van der Waals surface area (Å²) >= 11 is 0. The Morgan fingerprint density at radius 3 is 3.10 bits per heavy atom. The first-order chi connectivity index (χ1) is 9.86. The molecule has 6 nitrogen and oxygen atoms in total. The van der Waals surface area contributed by atoms with E-state index in [2.05, 4.69) is 15.5 Å². The Kier molecular flexibility index (Phi) is 3.94. The van der Waals surface area contributed by atoms with Crippen LogP contribution in [0.2, 0.25) is 0 Å². The van der Waals surface area contributed by atoms with Crippen LogP contribution in [0.1, 0.15) is 5.89 Å². The summed E-state index contributed by atoms with van der Waals surface area (Å²) in [5.41, 5.74) is 0.827. The molecule has 1 atom stereocenters. The smallest absolute Gasteiger partial charge is 0.229 e. The van der Waals surface area contributed by atoms with Crippen LogP contribution in [0.5, 0.6) is 5.75 Å². The lowest BCUT2D eigenvalue weighted by atomic mass is 10.2. The van der Waals surface area contributed by atoms with Gasteiger partial charge < -0.3 is 19.3 Å². The lowest BCUT2D eigenvalue weighted by molar-refractivity contribution is 0.0246. The maximum absolute atomic E-state index is 5.63. The molecule has 20 heavy (non-hydrogen) atoms. The summed E-state index contributed by atoms with van der Waals surface area (Å²) in [6.45, 7) is 2.43. The van der Waals surface area contributed by atoms with E-state index in [9.17, 15) is 0 Å². The number of para-hydroxylation sites is 1. The third-order valence-corrected chi connectivity index (χ3v) is 3.22. The molecule has 1 aliphatic rings. The largest absolute Gasteiger partial charge is 0.496 e. The van der Waals surface area contributed by atoms with Gasteiger partial charge in [0.1, 0.15) is 5.75 Å². The molecule has 0 amide bonds. The lowest BCUT2D eigenvalue weighted by Gasteiger charge is -2.21. The molecule has 1 aromatic carbocycles. The van der Waals surface area contributed by atoms with Crippen LogP contribution in [-0.2, 0) is 11.2 Å². The van der Waals surface area contributed by atoms with E-state index in [4.69, 9.17) is 14.0 Å². The number of morpholine rings is 1. The first-order valence-corrected chi connectivity index (χ1v) is 6.65. The highest BCUT2D eigenvalue weighted by Gasteiger charge is 2.19. The minimum Gasteiger partial charge on any atom is -0.496 e. The van der Waals surface area contributed by atoms with E-state index in [0.717, 1.165) is 31.0 Å². The third kappa shape index (κ3) is 2.81. The van der Waals surface area contributed by atoms with Crippen molar-refractivity contribution in [3.05, 3.63) is 30.2 Å². The van der Waals surface area contributed by atoms with Gasteiger partial charge in [-0.05, 0) is 12.1 Å². The molecule has 1 fully saturated rings. The van der Waals surface area contributed by atoms with Gasteiger partial charge in [0.15, 0.2) is 0 Å². The second kappa shape index (κ2) is 6.02. The van der Waals surface area contributed by atoms with E-state index < -0.39 is 0 Å². The van der Waals surface area contributed by atoms with Gasteiger partial charge in [0.05, 0.1) is 31.8 Å². The van der Waals surface area contributed by atoms with Crippen LogP contribution in [0.4, 0.5) is 0 Å². The zero-order valence-electron chi connectivity index (χ0n) is 11.3. The Labute approximate surface area is 117 Å². The van der Waals surface area contributed by atoms with E-state index in [1.54, 1.807) is 7.11 Å². The second-order valence-electron chi connectivity index (χ2n) is 4.61. The van der Waals surface area contributed by atoms with Crippen molar-refractivity contribution in [3.8, 4) is 17.1 Å². The van der Waals surface area contributed by atoms with E-state index in [0.29, 0.717) is 18.1 Å². The number of methoxy groups -OCH3 is 1. The van der Waals surface area contributed by atoms with Crippen LogP contribution >= 0.6 is 0 Å². The molecule has 0 aliphatic carbocycles. The number of hydrogen-bond acceptors (Lipinski definition) is 6. The fourth-order valence-corrected chi connectivity index (χ4v) is 2.22. The molecule has 0 saturated carbocycles. The summed E-state index contributed by atoms with van der Waals surface area (Å²) in [7, 11) is 1.63. The summed E-state index contributed by atoms with van der Waals surface area (Å²) in [6.07, 6.45) is 0.713. The Morgan fingerprint density at radius 2 is 2.30 bits per heavy atom. The Bertz CT molecular complexity index is 564. The topological polar surface area (TPSA) is 69.4 Å². The normalized spacial score (nSPS) is 18.9. The number of benzene rings is 1. The number of aromatic nitrogens is 2. The van der Waals surface area contributed by atoms with Gasteiger partial charge in [0, 0.05) is 13.1 Å². The summed E-state index contributed by atoms with van der Waals surface area (Å²) in [6, 6.07) is 7.61. The van der Waals surface area contributed by atoms with Gasteiger partial charge in [-0.15, -0.1) is 0 Å². The quantitative estimate of drug-likeness (QED) is 0.906. The van der Waals surface area contributed by atoms with E-state index >= 15 is 0 Å². The van der Waals surface area contributed by atoms with Crippen molar-refractivity contribution in [2.24, 2.45) is 0 Å². The predicted molar refractivity (Wildman–Crippen MR) is 72.6 cm³/mol. The van der Waals surface area contributed by atoms with Crippen LogP contribution in [0.3, 0.4) is 0 Å². The number of nitrogens with one attached hydrogen (secondary N) is 1. The Balaban J connectivity index is 1.75. The standard InChI is InChI=1S/C14H17N3O3/c1-18-12-5-3-2-4-11(12)14-16-13(20-17-14)8-10-9-15-6-7-19-10/h2-5,10,15H,6-9H2,1H3. The molecule has 0 spiro atoms. The molecule has 6 heteroatoms. The molecule has 106 valence electrons. The minimum atomic E-state index is 0.0923. The minimum absolute atomic E-state index is 0.0923. The fraction of sp³-hybridized carbons (Fsp3) is 0.429. The molecule has 1 aliphatic heterocycles. The molecular weight excluding hydrogens is 258 g/mol. The highest BCUT2D eigenvalue weighted by molar-refractivity contribution is 5.63. The molecule has 0 radical (unpaired) electrons. The number of hydrogen-bond donors (Lipinski definition) is 1. The predicted octanol–water partition coefficient (Wildman–Crippen LogP) is 1.28. The van der Waals surface area contributed by atoms with Gasteiger partial charge in [-0.1, -0.05) is 17.3 Å². The van der Waals surface area contributed by atoms with Gasteiger partial charge in [-0.3, -0.25) is 0 Å². The van der Waals surface area contributed by atoms with Crippen molar-refractivity contribution in [2.75, 3.05) is 26.8 Å². The highest BCUT2D eigenvalue weighted by Crippen LogP contribution is 2.27. The summed E-state index contributed by atoms with van der Waals surface area (Å²) in [5, 5.41) is 7.30.